The van der Waals surface area contributed by atoms with Gasteiger partial charge in [-0.05, 0) is 88.6 Å². The van der Waals surface area contributed by atoms with E-state index in [4.69, 9.17) is 9.26 Å². The van der Waals surface area contributed by atoms with Crippen LogP contribution in [-0.2, 0) is 5.41 Å². The Bertz CT molecular complexity index is 1270. The number of nitrogens with zero attached hydrogens (tertiary/aromatic N) is 3. The van der Waals surface area contributed by atoms with Crippen LogP contribution >= 0.6 is 0 Å². The summed E-state index contributed by atoms with van der Waals surface area (Å²) in [7, 11) is 4.32. The van der Waals surface area contributed by atoms with E-state index in [2.05, 4.69) is 63.7 Å². The summed E-state index contributed by atoms with van der Waals surface area (Å²) >= 11 is 0. The third-order valence-electron chi connectivity index (χ3n) is 6.65. The lowest BCUT2D eigenvalue weighted by Crippen LogP contribution is -2.43. The van der Waals surface area contributed by atoms with Crippen molar-refractivity contribution < 1.29 is 14.1 Å². The number of hydrogen-bond acceptors (Lipinski definition) is 6. The van der Waals surface area contributed by atoms with E-state index in [1.165, 1.54) is 12.8 Å². The molecule has 39 heavy (non-hydrogen) atoms. The lowest BCUT2D eigenvalue weighted by molar-refractivity contribution is 0.128. The van der Waals surface area contributed by atoms with E-state index in [0.717, 1.165) is 30.8 Å². The lowest BCUT2D eigenvalue weighted by atomic mass is 9.93. The zero-order chi connectivity index (χ0) is 27.8. The molecule has 0 radical (unpaired) electrons. The number of hydrogen-bond donors (Lipinski definition) is 2. The molecule has 0 atom stereocenters. The Morgan fingerprint density at radius 1 is 1.10 bits per heavy atom. The van der Waals surface area contributed by atoms with Crippen molar-refractivity contribution in [3.63, 3.8) is 0 Å². The van der Waals surface area contributed by atoms with Crippen LogP contribution in [-0.4, -0.2) is 67.4 Å². The summed E-state index contributed by atoms with van der Waals surface area (Å²) in [6.45, 7) is 9.82. The average Bonchev–Trinajstić information content (AvgIpc) is 3.38. The standard InChI is InChI=1S/C31H37N5O3/c1-31(2,3)28-22-29(34-39-28)33-30(37)32-25-12-8-23(9-13-25)6-7-24-10-14-27(15-11-24)38-21-20-36-18-16-26(17-19-36)35(4)5/h8-10,12-14,22,26H,16-21H2,1-5H3,(H2,32,33,34,37). The molecule has 204 valence electrons. The maximum Gasteiger partial charge on any atom is 0.324 e. The van der Waals surface area contributed by atoms with Crippen LogP contribution in [0.1, 0.15) is 50.5 Å². The van der Waals surface area contributed by atoms with E-state index >= 15 is 0 Å². The molecule has 8 heteroatoms. The van der Waals surface area contributed by atoms with Gasteiger partial charge in [-0.1, -0.05) is 37.8 Å². The predicted octanol–water partition coefficient (Wildman–Crippen LogP) is 5.02. The first-order valence-electron chi connectivity index (χ1n) is 13.3. The molecule has 2 N–H and O–H groups in total. The molecule has 8 nitrogen and oxygen atoms in total. The fourth-order valence-electron chi connectivity index (χ4n) is 4.22. The number of carbonyl (C=O) groups is 1. The molecule has 0 bridgehead atoms. The summed E-state index contributed by atoms with van der Waals surface area (Å²) in [6.07, 6.45) is 2.41. The molecule has 3 aromatic rings. The Morgan fingerprint density at radius 3 is 2.46 bits per heavy atom. The highest BCUT2D eigenvalue weighted by Gasteiger charge is 2.21. The molecule has 1 fully saturated rings. The molecule has 0 spiro atoms. The number of urea groups is 1. The van der Waals surface area contributed by atoms with Crippen LogP contribution < -0.4 is 15.4 Å². The zero-order valence-electron chi connectivity index (χ0n) is 23.4. The van der Waals surface area contributed by atoms with Crippen molar-refractivity contribution in [2.75, 3.05) is 51.0 Å². The van der Waals surface area contributed by atoms with Crippen molar-refractivity contribution in [2.24, 2.45) is 0 Å². The Labute approximate surface area is 231 Å². The summed E-state index contributed by atoms with van der Waals surface area (Å²) in [4.78, 5) is 17.1. The number of piperidine rings is 1. The van der Waals surface area contributed by atoms with Crippen LogP contribution in [0.2, 0.25) is 0 Å². The molecule has 1 saturated heterocycles. The third kappa shape index (κ3) is 8.51. The fourth-order valence-corrected chi connectivity index (χ4v) is 4.22. The molecular formula is C31H37N5O3. The van der Waals surface area contributed by atoms with Crippen molar-refractivity contribution in [1.29, 1.82) is 0 Å². The van der Waals surface area contributed by atoms with Crippen molar-refractivity contribution >= 4 is 17.5 Å². The van der Waals surface area contributed by atoms with Crippen molar-refractivity contribution in [2.45, 2.75) is 45.1 Å². The minimum atomic E-state index is -0.399. The Hall–Kier alpha value is -3.98. The molecule has 1 aromatic heterocycles. The highest BCUT2D eigenvalue weighted by atomic mass is 16.5. The fraction of sp³-hybridized carbons (Fsp3) is 0.419. The van der Waals surface area contributed by atoms with E-state index in [1.807, 2.05) is 45.0 Å². The smallest absolute Gasteiger partial charge is 0.324 e. The molecule has 0 unspecified atom stereocenters. The molecule has 2 aromatic carbocycles. The number of aromatic nitrogens is 1. The number of likely N-dealkylation sites (tertiary alicyclic amines) is 1. The number of carbonyl (C=O) groups excluding carboxylic acids is 1. The van der Waals surface area contributed by atoms with Crippen LogP contribution in [0.4, 0.5) is 16.3 Å². The van der Waals surface area contributed by atoms with Crippen molar-refractivity contribution in [3.8, 4) is 17.6 Å². The van der Waals surface area contributed by atoms with E-state index in [-0.39, 0.29) is 5.41 Å². The largest absolute Gasteiger partial charge is 0.484 e. The maximum absolute atomic E-state index is 12.3. The second kappa shape index (κ2) is 12.7. The minimum absolute atomic E-state index is 0.185. The molecule has 0 aliphatic carbocycles. The minimum Gasteiger partial charge on any atom is -0.484 e. The van der Waals surface area contributed by atoms with Gasteiger partial charge < -0.3 is 19.5 Å². The SMILES string of the molecule is CN(C)C1CCN(CCOc2c#cc(C#Cc3ccc(NC(=O)Nc4cc(C(C)(C)C)on4)cc3)cc2)CC1. The molecule has 1 aliphatic rings. The van der Waals surface area contributed by atoms with Gasteiger partial charge in [-0.25, -0.2) is 4.79 Å². The first-order chi connectivity index (χ1) is 18.7. The molecule has 0 saturated carbocycles. The summed E-state index contributed by atoms with van der Waals surface area (Å²) in [6, 6.07) is 19.2. The van der Waals surface area contributed by atoms with Crippen molar-refractivity contribution in [3.05, 3.63) is 71.5 Å². The van der Waals surface area contributed by atoms with Crippen molar-refractivity contribution in [1.82, 2.24) is 15.0 Å². The normalized spacial score (nSPS) is 14.3. The summed E-state index contributed by atoms with van der Waals surface area (Å²) in [5, 5.41) is 9.35. The van der Waals surface area contributed by atoms with Gasteiger partial charge in [-0.3, -0.25) is 10.2 Å². The van der Waals surface area contributed by atoms with Gasteiger partial charge in [0.25, 0.3) is 0 Å². The zero-order valence-corrected chi connectivity index (χ0v) is 23.4. The molecular weight excluding hydrogens is 490 g/mol. The average molecular weight is 528 g/mol. The molecule has 1 aliphatic heterocycles. The number of benzene rings is 1. The van der Waals surface area contributed by atoms with Gasteiger partial charge in [-0.2, -0.15) is 0 Å². The number of ether oxygens (including phenoxy) is 1. The van der Waals surface area contributed by atoms with Crippen LogP contribution in [0.3, 0.4) is 0 Å². The Kier molecular flexibility index (Phi) is 9.14. The molecule has 4 rings (SSSR count). The van der Waals surface area contributed by atoms with Gasteiger partial charge in [-0.15, -0.1) is 0 Å². The van der Waals surface area contributed by atoms with Gasteiger partial charge in [0.05, 0.1) is 5.56 Å². The monoisotopic (exact) mass is 527 g/mol. The van der Waals surface area contributed by atoms with Gasteiger partial charge >= 0.3 is 6.03 Å². The highest BCUT2D eigenvalue weighted by molar-refractivity contribution is 5.99. The van der Waals surface area contributed by atoms with E-state index in [1.54, 1.807) is 18.2 Å². The predicted molar refractivity (Wildman–Crippen MR) is 153 cm³/mol. The first-order valence-corrected chi connectivity index (χ1v) is 13.3. The maximum atomic E-state index is 12.3. The van der Waals surface area contributed by atoms with Crippen LogP contribution in [0.25, 0.3) is 0 Å². The van der Waals surface area contributed by atoms with Gasteiger partial charge in [0, 0.05) is 35.3 Å². The van der Waals surface area contributed by atoms with E-state index < -0.39 is 6.03 Å². The van der Waals surface area contributed by atoms with Gasteiger partial charge in [0.1, 0.15) is 12.4 Å². The molecule has 2 amide bonds. The van der Waals surface area contributed by atoms with E-state index in [9.17, 15) is 4.79 Å². The van der Waals surface area contributed by atoms with Crippen LogP contribution in [0, 0.1) is 24.0 Å². The summed E-state index contributed by atoms with van der Waals surface area (Å²) in [5.41, 5.74) is 2.01. The van der Waals surface area contributed by atoms with E-state index in [0.29, 0.717) is 35.7 Å². The summed E-state index contributed by atoms with van der Waals surface area (Å²) in [5.74, 6) is 7.95. The topological polar surface area (TPSA) is 82.9 Å². The van der Waals surface area contributed by atoms with Crippen LogP contribution in [0.5, 0.6) is 5.75 Å². The summed E-state index contributed by atoms with van der Waals surface area (Å²) < 4.78 is 11.2. The number of amides is 2. The quantitative estimate of drug-likeness (QED) is 0.420. The number of nitrogens with one attached hydrogen (secondary N) is 2. The second-order valence-electron chi connectivity index (χ2n) is 11.0. The highest BCUT2D eigenvalue weighted by Crippen LogP contribution is 2.24. The lowest BCUT2D eigenvalue weighted by Gasteiger charge is -2.34. The molecule has 2 heterocycles. The Morgan fingerprint density at radius 2 is 1.85 bits per heavy atom. The number of anilines is 2. The number of rotatable bonds is 7. The Balaban J connectivity index is 1.20. The van der Waals surface area contributed by atoms with Crippen LogP contribution in [0.15, 0.2) is 47.0 Å². The first kappa shape index (κ1) is 28.0. The van der Waals surface area contributed by atoms with Gasteiger partial charge in [0.2, 0.25) is 0 Å². The third-order valence-corrected chi connectivity index (χ3v) is 6.65. The second-order valence-corrected chi connectivity index (χ2v) is 11.0. The van der Waals surface area contributed by atoms with Gasteiger partial charge in [0.15, 0.2) is 11.6 Å².